The standard InChI is InChI=1S/C15H16BrClN2/c1-10-3-4-12(16)8-13(10)15(18-2)7-11-5-6-19-9-14(11)17/h3-6,8-9,15,18H,7H2,1-2H3. The summed E-state index contributed by atoms with van der Waals surface area (Å²) in [5.41, 5.74) is 3.66. The maximum absolute atomic E-state index is 6.18. The summed E-state index contributed by atoms with van der Waals surface area (Å²) in [4.78, 5) is 4.02. The maximum Gasteiger partial charge on any atom is 0.0622 e. The van der Waals surface area contributed by atoms with Gasteiger partial charge < -0.3 is 5.32 Å². The Morgan fingerprint density at radius 2 is 2.16 bits per heavy atom. The number of pyridine rings is 1. The lowest BCUT2D eigenvalue weighted by atomic mass is 9.96. The molecule has 2 aromatic rings. The van der Waals surface area contributed by atoms with Crippen LogP contribution in [0.5, 0.6) is 0 Å². The van der Waals surface area contributed by atoms with Gasteiger partial charge in [0.15, 0.2) is 0 Å². The zero-order valence-electron chi connectivity index (χ0n) is 11.0. The first kappa shape index (κ1) is 14.5. The van der Waals surface area contributed by atoms with Gasteiger partial charge in [-0.25, -0.2) is 0 Å². The van der Waals surface area contributed by atoms with E-state index in [4.69, 9.17) is 11.6 Å². The molecule has 4 heteroatoms. The number of hydrogen-bond acceptors (Lipinski definition) is 2. The summed E-state index contributed by atoms with van der Waals surface area (Å²) in [5.74, 6) is 0. The summed E-state index contributed by atoms with van der Waals surface area (Å²) in [7, 11) is 1.97. The molecule has 1 atom stereocenters. The minimum absolute atomic E-state index is 0.234. The molecule has 0 fully saturated rings. The molecule has 2 nitrogen and oxygen atoms in total. The second-order valence-electron chi connectivity index (χ2n) is 4.51. The number of benzene rings is 1. The number of aromatic nitrogens is 1. The second kappa shape index (κ2) is 6.51. The van der Waals surface area contributed by atoms with Gasteiger partial charge in [-0.15, -0.1) is 0 Å². The first-order chi connectivity index (χ1) is 9.11. The van der Waals surface area contributed by atoms with Crippen molar-refractivity contribution in [3.63, 3.8) is 0 Å². The number of rotatable bonds is 4. The zero-order chi connectivity index (χ0) is 13.8. The predicted octanol–water partition coefficient (Wildman–Crippen LogP) is 4.31. The summed E-state index contributed by atoms with van der Waals surface area (Å²) in [5, 5.41) is 4.08. The second-order valence-corrected chi connectivity index (χ2v) is 5.84. The summed E-state index contributed by atoms with van der Waals surface area (Å²) in [6.45, 7) is 2.13. The average Bonchev–Trinajstić information content (AvgIpc) is 2.41. The lowest BCUT2D eigenvalue weighted by molar-refractivity contribution is 0.588. The Labute approximate surface area is 127 Å². The third-order valence-electron chi connectivity index (χ3n) is 3.25. The van der Waals surface area contributed by atoms with E-state index in [2.05, 4.69) is 51.4 Å². The fraction of sp³-hybridized carbons (Fsp3) is 0.267. The average molecular weight is 340 g/mol. The van der Waals surface area contributed by atoms with Gasteiger partial charge in [0.05, 0.1) is 5.02 Å². The van der Waals surface area contributed by atoms with Gasteiger partial charge >= 0.3 is 0 Å². The van der Waals surface area contributed by atoms with Crippen LogP contribution in [0.1, 0.15) is 22.7 Å². The molecule has 19 heavy (non-hydrogen) atoms. The van der Waals surface area contributed by atoms with E-state index in [0.717, 1.165) is 21.5 Å². The van der Waals surface area contributed by atoms with E-state index in [1.807, 2.05) is 13.1 Å². The Balaban J connectivity index is 2.30. The maximum atomic E-state index is 6.18. The number of nitrogens with one attached hydrogen (secondary N) is 1. The highest BCUT2D eigenvalue weighted by molar-refractivity contribution is 9.10. The van der Waals surface area contributed by atoms with Gasteiger partial charge in [0.1, 0.15) is 0 Å². The van der Waals surface area contributed by atoms with Gasteiger partial charge in [0.25, 0.3) is 0 Å². The third kappa shape index (κ3) is 3.56. The van der Waals surface area contributed by atoms with Gasteiger partial charge in [-0.05, 0) is 55.3 Å². The van der Waals surface area contributed by atoms with Gasteiger partial charge in [-0.1, -0.05) is 33.6 Å². The molecular weight excluding hydrogens is 324 g/mol. The van der Waals surface area contributed by atoms with E-state index in [-0.39, 0.29) is 6.04 Å². The molecule has 0 radical (unpaired) electrons. The molecule has 1 N–H and O–H groups in total. The minimum Gasteiger partial charge on any atom is -0.313 e. The Kier molecular flexibility index (Phi) is 4.97. The van der Waals surface area contributed by atoms with E-state index >= 15 is 0 Å². The largest absolute Gasteiger partial charge is 0.313 e. The van der Waals surface area contributed by atoms with Crippen LogP contribution in [0.15, 0.2) is 41.1 Å². The molecule has 0 saturated heterocycles. The molecule has 1 aromatic heterocycles. The molecule has 0 saturated carbocycles. The number of likely N-dealkylation sites (N-methyl/N-ethyl adjacent to an activating group) is 1. The molecule has 0 aliphatic heterocycles. The summed E-state index contributed by atoms with van der Waals surface area (Å²) >= 11 is 9.71. The number of nitrogens with zero attached hydrogens (tertiary/aromatic N) is 1. The topological polar surface area (TPSA) is 24.9 Å². The van der Waals surface area contributed by atoms with Crippen molar-refractivity contribution in [3.8, 4) is 0 Å². The van der Waals surface area contributed by atoms with Crippen LogP contribution in [0, 0.1) is 6.92 Å². The molecule has 100 valence electrons. The third-order valence-corrected chi connectivity index (χ3v) is 4.08. The first-order valence-electron chi connectivity index (χ1n) is 6.13. The van der Waals surface area contributed by atoms with Gasteiger partial charge in [0, 0.05) is 22.9 Å². The van der Waals surface area contributed by atoms with Crippen molar-refractivity contribution in [3.05, 3.63) is 62.8 Å². The monoisotopic (exact) mass is 338 g/mol. The van der Waals surface area contributed by atoms with E-state index in [0.29, 0.717) is 0 Å². The normalized spacial score (nSPS) is 12.4. The molecule has 1 aromatic carbocycles. The number of halogens is 2. The zero-order valence-corrected chi connectivity index (χ0v) is 13.3. The highest BCUT2D eigenvalue weighted by Gasteiger charge is 2.14. The van der Waals surface area contributed by atoms with Crippen LogP contribution in [-0.2, 0) is 6.42 Å². The fourth-order valence-electron chi connectivity index (χ4n) is 2.14. The Hall–Kier alpha value is -0.900. The SMILES string of the molecule is CNC(Cc1ccncc1Cl)c1cc(Br)ccc1C. The predicted molar refractivity (Wildman–Crippen MR) is 83.6 cm³/mol. The van der Waals surface area contributed by atoms with Gasteiger partial charge in [-0.2, -0.15) is 0 Å². The molecule has 1 heterocycles. The smallest absolute Gasteiger partial charge is 0.0622 e. The van der Waals surface area contributed by atoms with E-state index in [1.54, 1.807) is 12.4 Å². The van der Waals surface area contributed by atoms with Crippen LogP contribution in [0.2, 0.25) is 5.02 Å². The minimum atomic E-state index is 0.234. The van der Waals surface area contributed by atoms with Crippen molar-refractivity contribution in [1.29, 1.82) is 0 Å². The highest BCUT2D eigenvalue weighted by Crippen LogP contribution is 2.27. The van der Waals surface area contributed by atoms with Crippen molar-refractivity contribution in [1.82, 2.24) is 10.3 Å². The number of aryl methyl sites for hydroxylation is 1. The Morgan fingerprint density at radius 3 is 2.84 bits per heavy atom. The van der Waals surface area contributed by atoms with E-state index in [9.17, 15) is 0 Å². The summed E-state index contributed by atoms with van der Waals surface area (Å²) in [6.07, 6.45) is 4.31. The number of hydrogen-bond donors (Lipinski definition) is 1. The lowest BCUT2D eigenvalue weighted by Gasteiger charge is -2.20. The Bertz CT molecular complexity index is 572. The molecule has 0 aliphatic rings. The highest BCUT2D eigenvalue weighted by atomic mass is 79.9. The molecule has 0 bridgehead atoms. The fourth-order valence-corrected chi connectivity index (χ4v) is 2.72. The van der Waals surface area contributed by atoms with Crippen molar-refractivity contribution in [2.24, 2.45) is 0 Å². The van der Waals surface area contributed by atoms with E-state index in [1.165, 1.54) is 11.1 Å². The molecule has 0 aliphatic carbocycles. The van der Waals surface area contributed by atoms with Crippen LogP contribution in [0.3, 0.4) is 0 Å². The van der Waals surface area contributed by atoms with Gasteiger partial charge in [-0.3, -0.25) is 4.98 Å². The van der Waals surface area contributed by atoms with Crippen LogP contribution in [0.25, 0.3) is 0 Å². The van der Waals surface area contributed by atoms with Crippen molar-refractivity contribution < 1.29 is 0 Å². The van der Waals surface area contributed by atoms with Crippen molar-refractivity contribution in [2.45, 2.75) is 19.4 Å². The Morgan fingerprint density at radius 1 is 1.37 bits per heavy atom. The van der Waals surface area contributed by atoms with Crippen molar-refractivity contribution >= 4 is 27.5 Å². The van der Waals surface area contributed by atoms with Crippen LogP contribution < -0.4 is 5.32 Å². The molecule has 0 amide bonds. The molecule has 0 spiro atoms. The summed E-state index contributed by atoms with van der Waals surface area (Å²) < 4.78 is 1.09. The van der Waals surface area contributed by atoms with E-state index < -0.39 is 0 Å². The lowest BCUT2D eigenvalue weighted by Crippen LogP contribution is -2.20. The molecule has 2 rings (SSSR count). The quantitative estimate of drug-likeness (QED) is 0.898. The summed E-state index contributed by atoms with van der Waals surface area (Å²) in [6, 6.07) is 8.55. The van der Waals surface area contributed by atoms with Gasteiger partial charge in [0.2, 0.25) is 0 Å². The van der Waals surface area contributed by atoms with Crippen LogP contribution >= 0.6 is 27.5 Å². The molecular formula is C15H16BrClN2. The first-order valence-corrected chi connectivity index (χ1v) is 7.30. The van der Waals surface area contributed by atoms with Crippen molar-refractivity contribution in [2.75, 3.05) is 7.05 Å². The van der Waals surface area contributed by atoms with Crippen LogP contribution in [-0.4, -0.2) is 12.0 Å². The van der Waals surface area contributed by atoms with Crippen LogP contribution in [0.4, 0.5) is 0 Å². The molecule has 1 unspecified atom stereocenters.